The van der Waals surface area contributed by atoms with Gasteiger partial charge in [0.2, 0.25) is 0 Å². The lowest BCUT2D eigenvalue weighted by Crippen LogP contribution is -2.10. The summed E-state index contributed by atoms with van der Waals surface area (Å²) in [6.45, 7) is 0.524. The van der Waals surface area contributed by atoms with Crippen LogP contribution in [0.4, 0.5) is 0 Å². The van der Waals surface area contributed by atoms with Crippen molar-refractivity contribution in [2.45, 2.75) is 6.42 Å². The van der Waals surface area contributed by atoms with Crippen molar-refractivity contribution >= 4 is 0 Å². The first-order valence-corrected chi connectivity index (χ1v) is 3.06. The minimum absolute atomic E-state index is 0.126. The van der Waals surface area contributed by atoms with Gasteiger partial charge in [-0.05, 0) is 6.54 Å². The van der Waals surface area contributed by atoms with Crippen LogP contribution in [0.3, 0.4) is 0 Å². The Morgan fingerprint density at radius 2 is 2.50 bits per heavy atom. The highest BCUT2D eigenvalue weighted by Gasteiger charge is 1.90. The van der Waals surface area contributed by atoms with Crippen LogP contribution in [0.15, 0.2) is 17.2 Å². The summed E-state index contributed by atoms with van der Waals surface area (Å²) in [4.78, 5) is 16.9. The Kier molecular flexibility index (Phi) is 2.17. The standard InChI is InChI=1S/C6H9N3O/c7-2-1-5-3-6(10)9-4-8-5/h3-4H,1-2,7H2,(H,8,9,10). The zero-order chi connectivity index (χ0) is 7.40. The van der Waals surface area contributed by atoms with Gasteiger partial charge in [-0.1, -0.05) is 0 Å². The topological polar surface area (TPSA) is 71.8 Å². The molecular formula is C6H9N3O. The summed E-state index contributed by atoms with van der Waals surface area (Å²) in [7, 11) is 0. The number of hydrogen-bond donors (Lipinski definition) is 2. The summed E-state index contributed by atoms with van der Waals surface area (Å²) in [6, 6.07) is 1.45. The number of hydrogen-bond acceptors (Lipinski definition) is 3. The zero-order valence-corrected chi connectivity index (χ0v) is 5.50. The number of aromatic amines is 1. The smallest absolute Gasteiger partial charge is 0.250 e. The maximum atomic E-state index is 10.6. The lowest BCUT2D eigenvalue weighted by Gasteiger charge is -1.92. The number of nitrogens with zero attached hydrogens (tertiary/aromatic N) is 1. The summed E-state index contributed by atoms with van der Waals surface area (Å²) < 4.78 is 0. The summed E-state index contributed by atoms with van der Waals surface area (Å²) >= 11 is 0. The van der Waals surface area contributed by atoms with Crippen LogP contribution in [0.25, 0.3) is 0 Å². The van der Waals surface area contributed by atoms with Gasteiger partial charge in [-0.2, -0.15) is 0 Å². The molecule has 0 bridgehead atoms. The highest BCUT2D eigenvalue weighted by atomic mass is 16.1. The van der Waals surface area contributed by atoms with E-state index >= 15 is 0 Å². The molecule has 1 heterocycles. The molecule has 0 saturated heterocycles. The van der Waals surface area contributed by atoms with Crippen molar-refractivity contribution in [2.24, 2.45) is 5.73 Å². The van der Waals surface area contributed by atoms with Crippen molar-refractivity contribution in [1.29, 1.82) is 0 Å². The Labute approximate surface area is 58.1 Å². The second kappa shape index (κ2) is 3.12. The molecular weight excluding hydrogens is 130 g/mol. The van der Waals surface area contributed by atoms with E-state index in [2.05, 4.69) is 9.97 Å². The molecule has 0 radical (unpaired) electrons. The number of nitrogens with two attached hydrogens (primary N) is 1. The first-order valence-electron chi connectivity index (χ1n) is 3.06. The van der Waals surface area contributed by atoms with Gasteiger partial charge in [0.25, 0.3) is 5.56 Å². The van der Waals surface area contributed by atoms with Crippen LogP contribution in [-0.4, -0.2) is 16.5 Å². The Morgan fingerprint density at radius 1 is 1.70 bits per heavy atom. The van der Waals surface area contributed by atoms with E-state index in [1.807, 2.05) is 0 Å². The van der Waals surface area contributed by atoms with Gasteiger partial charge in [0.15, 0.2) is 0 Å². The lowest BCUT2D eigenvalue weighted by molar-refractivity contribution is 0.901. The van der Waals surface area contributed by atoms with Crippen molar-refractivity contribution in [2.75, 3.05) is 6.54 Å². The fourth-order valence-corrected chi connectivity index (χ4v) is 0.694. The first kappa shape index (κ1) is 6.95. The van der Waals surface area contributed by atoms with Gasteiger partial charge in [-0.3, -0.25) is 4.79 Å². The van der Waals surface area contributed by atoms with Gasteiger partial charge >= 0.3 is 0 Å². The number of H-pyrrole nitrogens is 1. The molecule has 10 heavy (non-hydrogen) atoms. The average Bonchev–Trinajstić information content (AvgIpc) is 1.88. The maximum absolute atomic E-state index is 10.6. The average molecular weight is 139 g/mol. The highest BCUT2D eigenvalue weighted by Crippen LogP contribution is 1.85. The molecule has 0 spiro atoms. The molecule has 0 atom stereocenters. The molecule has 0 aromatic carbocycles. The third-order valence-corrected chi connectivity index (χ3v) is 1.14. The molecule has 1 aromatic heterocycles. The molecule has 0 fully saturated rings. The van der Waals surface area contributed by atoms with E-state index in [0.717, 1.165) is 5.69 Å². The summed E-state index contributed by atoms with van der Waals surface area (Å²) in [5.74, 6) is 0. The van der Waals surface area contributed by atoms with Crippen LogP contribution in [0.5, 0.6) is 0 Å². The van der Waals surface area contributed by atoms with E-state index in [4.69, 9.17) is 5.73 Å². The molecule has 4 heteroatoms. The Morgan fingerprint density at radius 3 is 3.10 bits per heavy atom. The fourth-order valence-electron chi connectivity index (χ4n) is 0.694. The van der Waals surface area contributed by atoms with Crippen molar-refractivity contribution < 1.29 is 0 Å². The van der Waals surface area contributed by atoms with E-state index in [0.29, 0.717) is 13.0 Å². The largest absolute Gasteiger partial charge is 0.330 e. The van der Waals surface area contributed by atoms with Crippen molar-refractivity contribution in [3.63, 3.8) is 0 Å². The maximum Gasteiger partial charge on any atom is 0.250 e. The zero-order valence-electron chi connectivity index (χ0n) is 5.50. The molecule has 1 rings (SSSR count). The Hall–Kier alpha value is -1.16. The van der Waals surface area contributed by atoms with Gasteiger partial charge in [-0.15, -0.1) is 0 Å². The van der Waals surface area contributed by atoms with Crippen LogP contribution in [0, 0.1) is 0 Å². The van der Waals surface area contributed by atoms with Crippen LogP contribution < -0.4 is 11.3 Å². The van der Waals surface area contributed by atoms with Gasteiger partial charge in [0.1, 0.15) is 0 Å². The van der Waals surface area contributed by atoms with Gasteiger partial charge in [-0.25, -0.2) is 4.98 Å². The van der Waals surface area contributed by atoms with Crippen LogP contribution in [0.2, 0.25) is 0 Å². The summed E-state index contributed by atoms with van der Waals surface area (Å²) in [5.41, 5.74) is 5.87. The summed E-state index contributed by atoms with van der Waals surface area (Å²) in [6.07, 6.45) is 2.04. The number of aromatic nitrogens is 2. The minimum atomic E-state index is -0.126. The van der Waals surface area contributed by atoms with E-state index in [-0.39, 0.29) is 5.56 Å². The van der Waals surface area contributed by atoms with E-state index < -0.39 is 0 Å². The van der Waals surface area contributed by atoms with E-state index in [1.165, 1.54) is 12.4 Å². The summed E-state index contributed by atoms with van der Waals surface area (Å²) in [5, 5.41) is 0. The van der Waals surface area contributed by atoms with Crippen LogP contribution in [0.1, 0.15) is 5.69 Å². The monoisotopic (exact) mass is 139 g/mol. The molecule has 0 amide bonds. The Balaban J connectivity index is 2.85. The van der Waals surface area contributed by atoms with Crippen molar-refractivity contribution in [1.82, 2.24) is 9.97 Å². The fraction of sp³-hybridized carbons (Fsp3) is 0.333. The highest BCUT2D eigenvalue weighted by molar-refractivity contribution is 4.98. The minimum Gasteiger partial charge on any atom is -0.330 e. The number of nitrogens with one attached hydrogen (secondary N) is 1. The molecule has 0 aliphatic heterocycles. The van der Waals surface area contributed by atoms with Gasteiger partial charge in [0, 0.05) is 18.2 Å². The molecule has 0 aliphatic rings. The normalized spacial score (nSPS) is 9.70. The van der Waals surface area contributed by atoms with Crippen LogP contribution >= 0.6 is 0 Å². The molecule has 3 N–H and O–H groups in total. The molecule has 4 nitrogen and oxygen atoms in total. The number of rotatable bonds is 2. The Bertz CT molecular complexity index is 255. The predicted octanol–water partition coefficient (Wildman–Crippen LogP) is -0.729. The predicted molar refractivity (Wildman–Crippen MR) is 37.6 cm³/mol. The van der Waals surface area contributed by atoms with E-state index in [9.17, 15) is 4.79 Å². The van der Waals surface area contributed by atoms with Gasteiger partial charge in [0.05, 0.1) is 6.33 Å². The van der Waals surface area contributed by atoms with Crippen molar-refractivity contribution in [3.05, 3.63) is 28.4 Å². The molecule has 0 aliphatic carbocycles. The second-order valence-corrected chi connectivity index (χ2v) is 1.94. The molecule has 0 unspecified atom stereocenters. The van der Waals surface area contributed by atoms with Crippen LogP contribution in [-0.2, 0) is 6.42 Å². The van der Waals surface area contributed by atoms with Gasteiger partial charge < -0.3 is 10.7 Å². The quantitative estimate of drug-likeness (QED) is 0.567. The molecule has 0 saturated carbocycles. The van der Waals surface area contributed by atoms with Crippen molar-refractivity contribution in [3.8, 4) is 0 Å². The van der Waals surface area contributed by atoms with E-state index in [1.54, 1.807) is 0 Å². The third kappa shape index (κ3) is 1.66. The first-order chi connectivity index (χ1) is 4.83. The SMILES string of the molecule is NCCc1cc(=O)[nH]cn1. The second-order valence-electron chi connectivity index (χ2n) is 1.94. The lowest BCUT2D eigenvalue weighted by atomic mass is 10.3. The molecule has 54 valence electrons. The molecule has 1 aromatic rings. The third-order valence-electron chi connectivity index (χ3n) is 1.14.